The van der Waals surface area contributed by atoms with Gasteiger partial charge >= 0.3 is 0 Å². The van der Waals surface area contributed by atoms with Gasteiger partial charge in [0.1, 0.15) is 13.8 Å². The van der Waals surface area contributed by atoms with Crippen molar-refractivity contribution in [3.8, 4) is 17.2 Å². The second kappa shape index (κ2) is 6.96. The lowest BCUT2D eigenvalue weighted by Gasteiger charge is -2.38. The summed E-state index contributed by atoms with van der Waals surface area (Å²) in [5.74, 6) is 5.28. The van der Waals surface area contributed by atoms with E-state index in [9.17, 15) is 0 Å². The largest absolute Gasteiger partial charge is 0.497 e. The molecule has 0 aromatic heterocycles. The third-order valence-electron chi connectivity index (χ3n) is 6.19. The Balaban J connectivity index is 2.26. The molecule has 132 valence electrons. The van der Waals surface area contributed by atoms with Crippen LogP contribution in [0.5, 0.6) is 5.75 Å². The Bertz CT molecular complexity index is 596. The van der Waals surface area contributed by atoms with E-state index in [0.717, 1.165) is 5.75 Å². The maximum atomic E-state index is 5.27. The highest BCUT2D eigenvalue weighted by atomic mass is 28.3. The molecule has 0 saturated heterocycles. The Morgan fingerprint density at radius 2 is 1.50 bits per heavy atom. The lowest BCUT2D eigenvalue weighted by molar-refractivity contribution is 0.414. The molecule has 1 saturated carbocycles. The van der Waals surface area contributed by atoms with Crippen LogP contribution >= 0.6 is 0 Å². The highest BCUT2D eigenvalue weighted by Crippen LogP contribution is 2.59. The van der Waals surface area contributed by atoms with Gasteiger partial charge in [-0.15, -0.1) is 11.5 Å². The summed E-state index contributed by atoms with van der Waals surface area (Å²) in [7, 11) is 0.0942. The van der Waals surface area contributed by atoms with E-state index < -0.39 is 8.07 Å². The highest BCUT2D eigenvalue weighted by molar-refractivity contribution is 6.90. The molecule has 0 spiro atoms. The van der Waals surface area contributed by atoms with Gasteiger partial charge in [-0.1, -0.05) is 53.7 Å². The maximum Gasteiger partial charge on any atom is 0.145 e. The van der Waals surface area contributed by atoms with Crippen LogP contribution in [0.1, 0.15) is 66.4 Å². The number of methoxy groups -OCH3 is 1. The average molecular weight is 343 g/mol. The van der Waals surface area contributed by atoms with E-state index in [2.05, 4.69) is 84.2 Å². The molecule has 2 rings (SSSR count). The molecule has 0 unspecified atom stereocenters. The smallest absolute Gasteiger partial charge is 0.145 e. The standard InChI is InChI=1S/C22H34OSi/c1-16(2)24(17(3)4,18(5)6)14-13-22(7)15-21(22)19-9-11-20(23-8)12-10-19/h9-12,16-18,21H,15H2,1-8H3/t21-,22+/m1/s1. The van der Waals surface area contributed by atoms with Gasteiger partial charge in [0, 0.05) is 11.3 Å². The topological polar surface area (TPSA) is 9.23 Å². The quantitative estimate of drug-likeness (QED) is 0.444. The van der Waals surface area contributed by atoms with Crippen LogP contribution in [0, 0.1) is 16.9 Å². The Labute approximate surface area is 150 Å². The van der Waals surface area contributed by atoms with Gasteiger partial charge in [0.25, 0.3) is 0 Å². The lowest BCUT2D eigenvalue weighted by atomic mass is 10.0. The van der Waals surface area contributed by atoms with E-state index in [4.69, 9.17) is 4.74 Å². The minimum Gasteiger partial charge on any atom is -0.497 e. The zero-order valence-electron chi connectivity index (χ0n) is 16.7. The molecule has 2 heteroatoms. The molecule has 1 aliphatic carbocycles. The van der Waals surface area contributed by atoms with Gasteiger partial charge in [0.05, 0.1) is 7.11 Å². The molecule has 1 aromatic rings. The first-order chi connectivity index (χ1) is 11.2. The number of ether oxygens (including phenoxy) is 1. The van der Waals surface area contributed by atoms with Crippen molar-refractivity contribution in [1.29, 1.82) is 0 Å². The Kier molecular flexibility index (Phi) is 5.55. The van der Waals surface area contributed by atoms with E-state index in [0.29, 0.717) is 22.5 Å². The van der Waals surface area contributed by atoms with Crippen molar-refractivity contribution in [1.82, 2.24) is 0 Å². The first kappa shape index (κ1) is 19.1. The molecule has 0 radical (unpaired) electrons. The van der Waals surface area contributed by atoms with Crippen molar-refractivity contribution < 1.29 is 4.74 Å². The van der Waals surface area contributed by atoms with Gasteiger partial charge < -0.3 is 4.74 Å². The molecule has 0 bridgehead atoms. The van der Waals surface area contributed by atoms with Crippen LogP contribution in [0.25, 0.3) is 0 Å². The van der Waals surface area contributed by atoms with Crippen molar-refractivity contribution in [2.75, 3.05) is 7.11 Å². The molecule has 0 heterocycles. The minimum atomic E-state index is -1.62. The van der Waals surface area contributed by atoms with Gasteiger partial charge in [-0.05, 0) is 47.7 Å². The van der Waals surface area contributed by atoms with Gasteiger partial charge in [-0.25, -0.2) is 0 Å². The average Bonchev–Trinajstić information content (AvgIpc) is 3.19. The summed E-state index contributed by atoms with van der Waals surface area (Å²) in [4.78, 5) is 0. The minimum absolute atomic E-state index is 0.158. The van der Waals surface area contributed by atoms with Crippen LogP contribution in [-0.4, -0.2) is 15.2 Å². The fourth-order valence-corrected chi connectivity index (χ4v) is 9.88. The fraction of sp³-hybridized carbons (Fsp3) is 0.636. The van der Waals surface area contributed by atoms with Gasteiger partial charge in [0.15, 0.2) is 0 Å². The number of hydrogen-bond donors (Lipinski definition) is 0. The number of benzene rings is 1. The summed E-state index contributed by atoms with van der Waals surface area (Å²) in [6.45, 7) is 16.7. The summed E-state index contributed by atoms with van der Waals surface area (Å²) in [6, 6.07) is 8.54. The SMILES string of the molecule is COc1ccc([C@H]2C[C@]2(C)C#C[Si](C(C)C)(C(C)C)C(C)C)cc1. The van der Waals surface area contributed by atoms with Crippen LogP contribution in [0.2, 0.25) is 16.6 Å². The maximum absolute atomic E-state index is 5.27. The Morgan fingerprint density at radius 3 is 1.92 bits per heavy atom. The molecular formula is C22H34OSi. The van der Waals surface area contributed by atoms with E-state index in [1.54, 1.807) is 7.11 Å². The van der Waals surface area contributed by atoms with Crippen molar-refractivity contribution in [2.45, 2.75) is 77.4 Å². The highest BCUT2D eigenvalue weighted by Gasteiger charge is 2.50. The van der Waals surface area contributed by atoms with E-state index in [1.165, 1.54) is 12.0 Å². The molecule has 0 N–H and O–H groups in total. The van der Waals surface area contributed by atoms with E-state index in [1.807, 2.05) is 0 Å². The van der Waals surface area contributed by atoms with Crippen LogP contribution in [0.3, 0.4) is 0 Å². The third kappa shape index (κ3) is 3.42. The Morgan fingerprint density at radius 1 is 1.00 bits per heavy atom. The van der Waals surface area contributed by atoms with E-state index in [-0.39, 0.29) is 5.41 Å². The molecule has 2 atom stereocenters. The second-order valence-corrected chi connectivity index (χ2v) is 14.2. The van der Waals surface area contributed by atoms with Gasteiger partial charge in [-0.3, -0.25) is 0 Å². The second-order valence-electron chi connectivity index (χ2n) is 8.59. The van der Waals surface area contributed by atoms with E-state index >= 15 is 0 Å². The summed E-state index contributed by atoms with van der Waals surface area (Å²) >= 11 is 0. The fourth-order valence-electron chi connectivity index (χ4n) is 4.51. The van der Waals surface area contributed by atoms with Crippen LogP contribution in [0.15, 0.2) is 24.3 Å². The third-order valence-corrected chi connectivity index (χ3v) is 12.5. The van der Waals surface area contributed by atoms with Crippen LogP contribution in [-0.2, 0) is 0 Å². The zero-order chi connectivity index (χ0) is 18.1. The predicted octanol–water partition coefficient (Wildman–Crippen LogP) is 6.41. The number of hydrogen-bond acceptors (Lipinski definition) is 1. The zero-order valence-corrected chi connectivity index (χ0v) is 17.7. The first-order valence-electron chi connectivity index (χ1n) is 9.35. The van der Waals surface area contributed by atoms with Crippen molar-refractivity contribution in [3.05, 3.63) is 29.8 Å². The lowest BCUT2D eigenvalue weighted by Crippen LogP contribution is -2.43. The monoisotopic (exact) mass is 342 g/mol. The molecule has 1 fully saturated rings. The molecule has 0 amide bonds. The molecule has 1 aromatic carbocycles. The molecular weight excluding hydrogens is 308 g/mol. The molecule has 0 aliphatic heterocycles. The van der Waals surface area contributed by atoms with Gasteiger partial charge in [0.2, 0.25) is 0 Å². The predicted molar refractivity (Wildman–Crippen MR) is 107 cm³/mol. The normalized spacial score (nSPS) is 23.4. The summed E-state index contributed by atoms with van der Waals surface area (Å²) in [5.41, 5.74) is 7.58. The summed E-state index contributed by atoms with van der Waals surface area (Å²) in [6.07, 6.45) is 1.19. The van der Waals surface area contributed by atoms with Crippen LogP contribution < -0.4 is 4.74 Å². The molecule has 1 aliphatic rings. The summed E-state index contributed by atoms with van der Waals surface area (Å²) < 4.78 is 5.27. The number of rotatable bonds is 5. The summed E-state index contributed by atoms with van der Waals surface area (Å²) in [5, 5.41) is 0. The first-order valence-corrected chi connectivity index (χ1v) is 11.6. The van der Waals surface area contributed by atoms with Gasteiger partial charge in [-0.2, -0.15) is 0 Å². The Hall–Kier alpha value is -1.20. The van der Waals surface area contributed by atoms with Crippen molar-refractivity contribution >= 4 is 8.07 Å². The van der Waals surface area contributed by atoms with Crippen molar-refractivity contribution in [3.63, 3.8) is 0 Å². The molecule has 24 heavy (non-hydrogen) atoms. The van der Waals surface area contributed by atoms with Crippen LogP contribution in [0.4, 0.5) is 0 Å². The van der Waals surface area contributed by atoms with Crippen molar-refractivity contribution in [2.24, 2.45) is 5.41 Å². The molecule has 1 nitrogen and oxygen atoms in total.